The predicted octanol–water partition coefficient (Wildman–Crippen LogP) is 5.42. The molecular weight excluding hydrogens is 343 g/mol. The van der Waals surface area contributed by atoms with Crippen LogP contribution in [0.15, 0.2) is 30.3 Å². The van der Waals surface area contributed by atoms with Gasteiger partial charge in [0.05, 0.1) is 6.67 Å². The van der Waals surface area contributed by atoms with Gasteiger partial charge in [-0.05, 0) is 78.6 Å². The number of halogens is 1. The van der Waals surface area contributed by atoms with Crippen LogP contribution in [0.2, 0.25) is 0 Å². The maximum absolute atomic E-state index is 12.1. The number of aryl methyl sites for hydroxylation is 2. The van der Waals surface area contributed by atoms with Gasteiger partial charge in [0.1, 0.15) is 18.1 Å². The molecule has 0 aromatic heterocycles. The summed E-state index contributed by atoms with van der Waals surface area (Å²) < 4.78 is 17.7. The lowest BCUT2D eigenvalue weighted by Gasteiger charge is -2.15. The summed E-state index contributed by atoms with van der Waals surface area (Å²) in [6.07, 6.45) is 1.24. The second-order valence-electron chi connectivity index (χ2n) is 7.38. The van der Waals surface area contributed by atoms with Gasteiger partial charge in [-0.15, -0.1) is 0 Å². The second kappa shape index (κ2) is 9.54. The molecule has 0 atom stereocenters. The summed E-state index contributed by atoms with van der Waals surface area (Å²) in [6.45, 7) is 7.70. The van der Waals surface area contributed by atoms with Crippen LogP contribution in [0.5, 0.6) is 11.5 Å². The number of phenolic OH excluding ortho intramolecular Hbond substituents is 1. The lowest BCUT2D eigenvalue weighted by atomic mass is 9.93. The van der Waals surface area contributed by atoms with Gasteiger partial charge in [-0.25, -0.2) is 0 Å². The van der Waals surface area contributed by atoms with Crippen molar-refractivity contribution in [3.05, 3.63) is 58.1 Å². The lowest BCUT2D eigenvalue weighted by molar-refractivity contribution is -0.121. The molecule has 0 aliphatic heterocycles. The molecule has 146 valence electrons. The number of benzene rings is 2. The number of hydrogen-bond donors (Lipinski definition) is 1. The number of carbonyl (C=O) groups excluding carboxylic acids is 1. The standard InChI is InChI=1S/C23H29FO3/c1-15(2)21-12-18(7-8-23(21)26)13-22-16(3)10-20(11-17(22)4)27-14-19(25)6-5-9-24/h7-8,10-12,15,26H,5-6,9,13-14H2,1-4H3. The van der Waals surface area contributed by atoms with Crippen molar-refractivity contribution in [2.24, 2.45) is 0 Å². The van der Waals surface area contributed by atoms with E-state index in [1.54, 1.807) is 6.07 Å². The molecule has 4 heteroatoms. The van der Waals surface area contributed by atoms with Gasteiger partial charge in [0, 0.05) is 6.42 Å². The minimum atomic E-state index is -0.478. The lowest BCUT2D eigenvalue weighted by Crippen LogP contribution is -2.11. The van der Waals surface area contributed by atoms with E-state index in [1.807, 2.05) is 32.0 Å². The molecule has 3 nitrogen and oxygen atoms in total. The molecule has 0 unspecified atom stereocenters. The number of alkyl halides is 1. The molecule has 0 spiro atoms. The van der Waals surface area contributed by atoms with Crippen molar-refractivity contribution in [2.45, 2.75) is 52.9 Å². The minimum Gasteiger partial charge on any atom is -0.508 e. The van der Waals surface area contributed by atoms with Gasteiger partial charge in [0.15, 0.2) is 5.78 Å². The first-order valence-electron chi connectivity index (χ1n) is 9.44. The van der Waals surface area contributed by atoms with Crippen molar-refractivity contribution < 1.29 is 19.0 Å². The first-order valence-corrected chi connectivity index (χ1v) is 9.44. The van der Waals surface area contributed by atoms with Crippen LogP contribution in [0.3, 0.4) is 0 Å². The first kappa shape index (κ1) is 20.9. The topological polar surface area (TPSA) is 46.5 Å². The second-order valence-corrected chi connectivity index (χ2v) is 7.38. The number of rotatable bonds is 9. The molecule has 2 aromatic carbocycles. The zero-order chi connectivity index (χ0) is 20.0. The van der Waals surface area contributed by atoms with Crippen molar-refractivity contribution in [3.63, 3.8) is 0 Å². The number of ketones is 1. The van der Waals surface area contributed by atoms with Crippen molar-refractivity contribution in [1.82, 2.24) is 0 Å². The van der Waals surface area contributed by atoms with Crippen LogP contribution in [0.25, 0.3) is 0 Å². The Balaban J connectivity index is 2.13. The van der Waals surface area contributed by atoms with Crippen LogP contribution in [0, 0.1) is 13.8 Å². The fraction of sp³-hybridized carbons (Fsp3) is 0.435. The van der Waals surface area contributed by atoms with Crippen LogP contribution in [-0.2, 0) is 11.2 Å². The van der Waals surface area contributed by atoms with Gasteiger partial charge < -0.3 is 9.84 Å². The van der Waals surface area contributed by atoms with Crippen molar-refractivity contribution in [2.75, 3.05) is 13.3 Å². The molecule has 2 rings (SSSR count). The molecule has 0 fully saturated rings. The molecule has 0 radical (unpaired) electrons. The molecule has 0 saturated carbocycles. The van der Waals surface area contributed by atoms with Gasteiger partial charge in [0.2, 0.25) is 0 Å². The third-order valence-electron chi connectivity index (χ3n) is 4.75. The highest BCUT2D eigenvalue weighted by molar-refractivity contribution is 5.79. The SMILES string of the molecule is Cc1cc(OCC(=O)CCCF)cc(C)c1Cc1ccc(O)c(C(C)C)c1. The Kier molecular flexibility index (Phi) is 7.40. The fourth-order valence-electron chi connectivity index (χ4n) is 3.20. The largest absolute Gasteiger partial charge is 0.508 e. The molecule has 27 heavy (non-hydrogen) atoms. The third kappa shape index (κ3) is 5.81. The summed E-state index contributed by atoms with van der Waals surface area (Å²) in [6, 6.07) is 9.65. The van der Waals surface area contributed by atoms with E-state index in [9.17, 15) is 14.3 Å². The minimum absolute atomic E-state index is 0.0199. The summed E-state index contributed by atoms with van der Waals surface area (Å²) in [5.74, 6) is 1.18. The number of hydrogen-bond acceptors (Lipinski definition) is 3. The summed E-state index contributed by atoms with van der Waals surface area (Å²) >= 11 is 0. The molecular formula is C23H29FO3. The van der Waals surface area contributed by atoms with E-state index >= 15 is 0 Å². The van der Waals surface area contributed by atoms with E-state index in [0.29, 0.717) is 11.5 Å². The average molecular weight is 372 g/mol. The zero-order valence-electron chi connectivity index (χ0n) is 16.6. The molecule has 1 N–H and O–H groups in total. The van der Waals surface area contributed by atoms with E-state index < -0.39 is 6.67 Å². The van der Waals surface area contributed by atoms with Crippen molar-refractivity contribution >= 4 is 5.78 Å². The Labute approximate surface area is 161 Å². The number of ether oxygens (including phenoxy) is 1. The smallest absolute Gasteiger partial charge is 0.170 e. The van der Waals surface area contributed by atoms with Crippen LogP contribution in [0.1, 0.15) is 60.4 Å². The Morgan fingerprint density at radius 3 is 2.41 bits per heavy atom. The van der Waals surface area contributed by atoms with E-state index in [0.717, 1.165) is 28.7 Å². The molecule has 0 saturated heterocycles. The van der Waals surface area contributed by atoms with Crippen LogP contribution in [0.4, 0.5) is 4.39 Å². The fourth-order valence-corrected chi connectivity index (χ4v) is 3.20. The highest BCUT2D eigenvalue weighted by atomic mass is 19.1. The van der Waals surface area contributed by atoms with Gasteiger partial charge in [-0.3, -0.25) is 9.18 Å². The van der Waals surface area contributed by atoms with E-state index in [4.69, 9.17) is 4.74 Å². The third-order valence-corrected chi connectivity index (χ3v) is 4.75. The number of carbonyl (C=O) groups is 1. The van der Waals surface area contributed by atoms with Crippen molar-refractivity contribution in [1.29, 1.82) is 0 Å². The zero-order valence-corrected chi connectivity index (χ0v) is 16.6. The quantitative estimate of drug-likeness (QED) is 0.639. The normalized spacial score (nSPS) is 11.0. The Morgan fingerprint density at radius 2 is 1.81 bits per heavy atom. The predicted molar refractivity (Wildman–Crippen MR) is 107 cm³/mol. The monoisotopic (exact) mass is 372 g/mol. The van der Waals surface area contributed by atoms with Gasteiger partial charge >= 0.3 is 0 Å². The molecule has 0 aliphatic rings. The molecule has 0 amide bonds. The van der Waals surface area contributed by atoms with Crippen LogP contribution < -0.4 is 4.74 Å². The summed E-state index contributed by atoms with van der Waals surface area (Å²) in [7, 11) is 0. The van der Waals surface area contributed by atoms with Crippen molar-refractivity contribution in [3.8, 4) is 11.5 Å². The van der Waals surface area contributed by atoms with E-state index in [1.165, 1.54) is 5.56 Å². The summed E-state index contributed by atoms with van der Waals surface area (Å²) in [5.41, 5.74) is 5.51. The van der Waals surface area contributed by atoms with E-state index in [2.05, 4.69) is 19.9 Å². The van der Waals surface area contributed by atoms with Gasteiger partial charge in [-0.1, -0.05) is 26.0 Å². The molecule has 2 aromatic rings. The highest BCUT2D eigenvalue weighted by Crippen LogP contribution is 2.29. The van der Waals surface area contributed by atoms with Crippen LogP contribution >= 0.6 is 0 Å². The van der Waals surface area contributed by atoms with Crippen LogP contribution in [-0.4, -0.2) is 24.2 Å². The average Bonchev–Trinajstić information content (AvgIpc) is 2.62. The number of Topliss-reactive ketones (excluding diaryl/α,β-unsaturated/α-hetero) is 1. The Morgan fingerprint density at radius 1 is 1.15 bits per heavy atom. The molecule has 0 aliphatic carbocycles. The van der Waals surface area contributed by atoms with E-state index in [-0.39, 0.29) is 31.1 Å². The summed E-state index contributed by atoms with van der Waals surface area (Å²) in [5, 5.41) is 10.0. The number of phenols is 1. The number of aromatic hydroxyl groups is 1. The Hall–Kier alpha value is -2.36. The highest BCUT2D eigenvalue weighted by Gasteiger charge is 2.11. The maximum Gasteiger partial charge on any atom is 0.170 e. The first-order chi connectivity index (χ1) is 12.8. The van der Waals surface area contributed by atoms with Gasteiger partial charge in [0.25, 0.3) is 0 Å². The Bertz CT molecular complexity index is 773. The molecule has 0 heterocycles. The van der Waals surface area contributed by atoms with Gasteiger partial charge in [-0.2, -0.15) is 0 Å². The summed E-state index contributed by atoms with van der Waals surface area (Å²) in [4.78, 5) is 11.7. The maximum atomic E-state index is 12.1. The molecule has 0 bridgehead atoms.